The van der Waals surface area contributed by atoms with E-state index in [2.05, 4.69) is 9.97 Å². The Bertz CT molecular complexity index is 1210. The number of halogens is 1. The van der Waals surface area contributed by atoms with Crippen LogP contribution in [0.1, 0.15) is 33.4 Å². The van der Waals surface area contributed by atoms with Gasteiger partial charge >= 0.3 is 23.6 Å². The van der Waals surface area contributed by atoms with Crippen molar-refractivity contribution in [3.8, 4) is 0 Å². The van der Waals surface area contributed by atoms with Gasteiger partial charge in [-0.15, -0.1) is 0 Å². The molecule has 1 aliphatic heterocycles. The Kier molecular flexibility index (Phi) is 6.74. The number of nitrogen functional groups attached to an aromatic ring is 1. The van der Waals surface area contributed by atoms with Crippen LogP contribution in [0.2, 0.25) is 0 Å². The van der Waals surface area contributed by atoms with E-state index >= 15 is 4.39 Å². The van der Waals surface area contributed by atoms with Gasteiger partial charge in [0.05, 0.1) is 18.7 Å². The van der Waals surface area contributed by atoms with Gasteiger partial charge in [-0.1, -0.05) is 0 Å². The Hall–Kier alpha value is -3.55. The quantitative estimate of drug-likeness (QED) is 0.390. The summed E-state index contributed by atoms with van der Waals surface area (Å²) >= 11 is 0. The summed E-state index contributed by atoms with van der Waals surface area (Å²) in [6.45, 7) is 3.92. The molecule has 0 bridgehead atoms. The standard InChI is InChI=1S/C21H26FN5O8/c1-4-32-19(30)12-5-11(12)7-26-13-6-24-20(23)25-17(13)27(21(26)31)18-16(34-10(3)29)15(22)14(35-18)8-33-9(2)28/h6,11-12,14-16,18H,4-5,7-8H2,1-3H3,(H2,23,24,25)/t11-,12+,14+,15+,16+,18+/m0/s1. The molecular formula is C21H26FN5O8. The van der Waals surface area contributed by atoms with Gasteiger partial charge in [-0.05, 0) is 19.3 Å². The molecule has 2 N–H and O–H groups in total. The molecule has 2 aromatic rings. The lowest BCUT2D eigenvalue weighted by Gasteiger charge is -2.19. The predicted octanol–water partition coefficient (Wildman–Crippen LogP) is 0.105. The fourth-order valence-electron chi connectivity index (χ4n) is 4.25. The SMILES string of the molecule is CCOC(=O)[C@@H]1C[C@H]1Cn1c(=O)n([C@@H]2O[C@H](COC(C)=O)[C@@H](F)[C@H]2OC(C)=O)c2nc(N)ncc21. The van der Waals surface area contributed by atoms with Gasteiger partial charge in [-0.2, -0.15) is 4.98 Å². The zero-order valence-electron chi connectivity index (χ0n) is 19.4. The molecule has 14 heteroatoms. The number of imidazole rings is 1. The van der Waals surface area contributed by atoms with Crippen LogP contribution in [0.4, 0.5) is 10.3 Å². The first-order chi connectivity index (χ1) is 16.6. The molecule has 0 unspecified atom stereocenters. The van der Waals surface area contributed by atoms with E-state index in [0.717, 1.165) is 18.4 Å². The Morgan fingerprint density at radius 3 is 2.66 bits per heavy atom. The molecule has 0 amide bonds. The number of anilines is 1. The summed E-state index contributed by atoms with van der Waals surface area (Å²) < 4.78 is 38.4. The minimum atomic E-state index is -1.90. The maximum absolute atomic E-state index is 15.2. The molecule has 35 heavy (non-hydrogen) atoms. The number of alkyl halides is 1. The summed E-state index contributed by atoms with van der Waals surface area (Å²) in [7, 11) is 0. The zero-order valence-corrected chi connectivity index (χ0v) is 19.4. The molecule has 0 radical (unpaired) electrons. The van der Waals surface area contributed by atoms with Gasteiger partial charge in [0, 0.05) is 20.4 Å². The highest BCUT2D eigenvalue weighted by Gasteiger charge is 2.51. The lowest BCUT2D eigenvalue weighted by molar-refractivity contribution is -0.154. The van der Waals surface area contributed by atoms with Crippen LogP contribution in [0.15, 0.2) is 11.0 Å². The minimum Gasteiger partial charge on any atom is -0.466 e. The summed E-state index contributed by atoms with van der Waals surface area (Å²) in [5.41, 5.74) is 5.42. The average molecular weight is 495 g/mol. The first kappa shape index (κ1) is 24.6. The van der Waals surface area contributed by atoms with Gasteiger partial charge in [0.15, 0.2) is 24.2 Å². The molecule has 1 saturated heterocycles. The summed E-state index contributed by atoms with van der Waals surface area (Å²) in [6.07, 6.45) is -4.25. The van der Waals surface area contributed by atoms with Crippen molar-refractivity contribution in [2.75, 3.05) is 18.9 Å². The summed E-state index contributed by atoms with van der Waals surface area (Å²) in [5, 5.41) is 0. The molecule has 0 aromatic carbocycles. The molecule has 0 spiro atoms. The van der Waals surface area contributed by atoms with E-state index < -0.39 is 48.8 Å². The molecule has 2 aromatic heterocycles. The molecular weight excluding hydrogens is 469 g/mol. The van der Waals surface area contributed by atoms with Crippen molar-refractivity contribution in [2.45, 2.75) is 58.3 Å². The summed E-state index contributed by atoms with van der Waals surface area (Å²) in [6, 6.07) is 0. The molecule has 4 rings (SSSR count). The zero-order chi connectivity index (χ0) is 25.4. The molecule has 1 aliphatic carbocycles. The van der Waals surface area contributed by atoms with Crippen molar-refractivity contribution in [3.05, 3.63) is 16.7 Å². The van der Waals surface area contributed by atoms with Crippen molar-refractivity contribution >= 4 is 35.0 Å². The second-order valence-corrected chi connectivity index (χ2v) is 8.44. The Labute approximate surface area is 198 Å². The fraction of sp³-hybridized carbons (Fsp3) is 0.619. The second kappa shape index (κ2) is 9.60. The van der Waals surface area contributed by atoms with E-state index in [-0.39, 0.29) is 48.1 Å². The van der Waals surface area contributed by atoms with Crippen LogP contribution in [-0.2, 0) is 39.9 Å². The smallest absolute Gasteiger partial charge is 0.332 e. The summed E-state index contributed by atoms with van der Waals surface area (Å²) in [5.74, 6) is -2.41. The van der Waals surface area contributed by atoms with Crippen molar-refractivity contribution in [3.63, 3.8) is 0 Å². The highest BCUT2D eigenvalue weighted by atomic mass is 19.1. The third kappa shape index (κ3) is 4.83. The van der Waals surface area contributed by atoms with E-state index in [9.17, 15) is 19.2 Å². The average Bonchev–Trinajstić information content (AvgIpc) is 3.44. The first-order valence-corrected chi connectivity index (χ1v) is 11.1. The number of rotatable bonds is 8. The van der Waals surface area contributed by atoms with Gasteiger partial charge in [-0.3, -0.25) is 19.0 Å². The molecule has 6 atom stereocenters. The summed E-state index contributed by atoms with van der Waals surface area (Å²) in [4.78, 5) is 56.6. The lowest BCUT2D eigenvalue weighted by atomic mass is 10.1. The number of esters is 3. The van der Waals surface area contributed by atoms with E-state index in [0.29, 0.717) is 6.42 Å². The number of nitrogens with zero attached hydrogens (tertiary/aromatic N) is 4. The normalized spacial score (nSPS) is 27.5. The van der Waals surface area contributed by atoms with Crippen molar-refractivity contribution < 1.29 is 37.7 Å². The highest BCUT2D eigenvalue weighted by molar-refractivity contribution is 5.76. The minimum absolute atomic E-state index is 0.0401. The monoisotopic (exact) mass is 495 g/mol. The number of hydrogen-bond acceptors (Lipinski definition) is 11. The molecule has 3 heterocycles. The maximum Gasteiger partial charge on any atom is 0.332 e. The van der Waals surface area contributed by atoms with Gasteiger partial charge in [-0.25, -0.2) is 18.7 Å². The number of nitrogens with two attached hydrogens (primary N) is 1. The van der Waals surface area contributed by atoms with Crippen LogP contribution in [0.25, 0.3) is 11.2 Å². The Morgan fingerprint density at radius 1 is 1.26 bits per heavy atom. The topological polar surface area (TPSA) is 167 Å². The van der Waals surface area contributed by atoms with Crippen LogP contribution in [0.3, 0.4) is 0 Å². The van der Waals surface area contributed by atoms with Crippen LogP contribution in [-0.4, -0.2) is 68.6 Å². The van der Waals surface area contributed by atoms with Crippen LogP contribution in [0.5, 0.6) is 0 Å². The van der Waals surface area contributed by atoms with Gasteiger partial charge in [0.25, 0.3) is 0 Å². The van der Waals surface area contributed by atoms with E-state index in [4.69, 9.17) is 24.7 Å². The molecule has 2 fully saturated rings. The number of hydrogen-bond donors (Lipinski definition) is 1. The van der Waals surface area contributed by atoms with Crippen LogP contribution >= 0.6 is 0 Å². The lowest BCUT2D eigenvalue weighted by Crippen LogP contribution is -2.37. The first-order valence-electron chi connectivity index (χ1n) is 11.1. The van der Waals surface area contributed by atoms with Gasteiger partial charge in [0.1, 0.15) is 18.2 Å². The third-order valence-electron chi connectivity index (χ3n) is 5.93. The predicted molar refractivity (Wildman–Crippen MR) is 115 cm³/mol. The molecule has 190 valence electrons. The van der Waals surface area contributed by atoms with Crippen molar-refractivity contribution in [1.82, 2.24) is 19.1 Å². The largest absolute Gasteiger partial charge is 0.466 e. The Morgan fingerprint density at radius 2 is 2.00 bits per heavy atom. The number of aromatic nitrogens is 4. The van der Waals surface area contributed by atoms with Gasteiger partial charge in [0.2, 0.25) is 5.95 Å². The highest BCUT2D eigenvalue weighted by Crippen LogP contribution is 2.41. The number of carbonyl (C=O) groups is 3. The molecule has 1 saturated carbocycles. The van der Waals surface area contributed by atoms with E-state index in [1.807, 2.05) is 0 Å². The fourth-order valence-corrected chi connectivity index (χ4v) is 4.25. The van der Waals surface area contributed by atoms with E-state index in [1.54, 1.807) is 6.92 Å². The molecule has 2 aliphatic rings. The Balaban J connectivity index is 1.72. The van der Waals surface area contributed by atoms with E-state index in [1.165, 1.54) is 10.8 Å². The number of fused-ring (bicyclic) bond motifs is 1. The van der Waals surface area contributed by atoms with Crippen LogP contribution in [0, 0.1) is 11.8 Å². The van der Waals surface area contributed by atoms with Gasteiger partial charge < -0.3 is 24.7 Å². The van der Waals surface area contributed by atoms with Crippen molar-refractivity contribution in [1.29, 1.82) is 0 Å². The number of ether oxygens (including phenoxy) is 4. The third-order valence-corrected chi connectivity index (χ3v) is 5.93. The van der Waals surface area contributed by atoms with Crippen molar-refractivity contribution in [2.24, 2.45) is 11.8 Å². The second-order valence-electron chi connectivity index (χ2n) is 8.44. The maximum atomic E-state index is 15.2. The van der Waals surface area contributed by atoms with Crippen LogP contribution < -0.4 is 11.4 Å². The number of carbonyl (C=O) groups excluding carboxylic acids is 3. The molecule has 13 nitrogen and oxygen atoms in total.